The minimum Gasteiger partial charge on any atom is -0.482 e. The molecule has 0 fully saturated rings. The van der Waals surface area contributed by atoms with E-state index in [1.54, 1.807) is 6.07 Å². The Balaban J connectivity index is 1.81. The zero-order valence-electron chi connectivity index (χ0n) is 14.8. The summed E-state index contributed by atoms with van der Waals surface area (Å²) in [5.41, 5.74) is 3.83. The number of rotatable bonds is 7. The Labute approximate surface area is 148 Å². The van der Waals surface area contributed by atoms with Crippen molar-refractivity contribution in [3.8, 4) is 5.75 Å². The van der Waals surface area contributed by atoms with E-state index < -0.39 is 5.97 Å². The molecule has 132 valence electrons. The molecular weight excluding hydrogens is 318 g/mol. The number of aryl methyl sites for hydroxylation is 3. The molecule has 0 heterocycles. The van der Waals surface area contributed by atoms with Crippen LogP contribution in [0.25, 0.3) is 0 Å². The van der Waals surface area contributed by atoms with Crippen molar-refractivity contribution >= 4 is 17.6 Å². The first-order valence-corrected chi connectivity index (χ1v) is 8.23. The van der Waals surface area contributed by atoms with Gasteiger partial charge in [-0.2, -0.15) is 0 Å². The third-order valence-corrected chi connectivity index (χ3v) is 3.71. The monoisotopic (exact) mass is 341 g/mol. The molecule has 0 radical (unpaired) electrons. The Hall–Kier alpha value is -2.82. The number of esters is 1. The second kappa shape index (κ2) is 8.87. The van der Waals surface area contributed by atoms with Crippen LogP contribution < -0.4 is 10.1 Å². The maximum absolute atomic E-state index is 12.0. The van der Waals surface area contributed by atoms with Crippen LogP contribution in [0.4, 0.5) is 5.69 Å². The van der Waals surface area contributed by atoms with Crippen LogP contribution in [0.15, 0.2) is 42.5 Å². The van der Waals surface area contributed by atoms with Gasteiger partial charge >= 0.3 is 5.97 Å². The highest BCUT2D eigenvalue weighted by atomic mass is 16.6. The van der Waals surface area contributed by atoms with E-state index in [-0.39, 0.29) is 19.1 Å². The van der Waals surface area contributed by atoms with Gasteiger partial charge in [-0.3, -0.25) is 4.79 Å². The Bertz CT molecular complexity index is 755. The van der Waals surface area contributed by atoms with Crippen LogP contribution in [-0.4, -0.2) is 25.1 Å². The number of amides is 1. The molecule has 0 aromatic heterocycles. The summed E-state index contributed by atoms with van der Waals surface area (Å²) in [6.07, 6.45) is 0.807. The van der Waals surface area contributed by atoms with Gasteiger partial charge < -0.3 is 14.8 Å². The van der Waals surface area contributed by atoms with E-state index >= 15 is 0 Å². The molecule has 0 aliphatic carbocycles. The predicted molar refractivity (Wildman–Crippen MR) is 96.8 cm³/mol. The van der Waals surface area contributed by atoms with Gasteiger partial charge in [-0.05, 0) is 49.1 Å². The zero-order chi connectivity index (χ0) is 18.2. The lowest BCUT2D eigenvalue weighted by Crippen LogP contribution is -2.24. The molecule has 25 heavy (non-hydrogen) atoms. The van der Waals surface area contributed by atoms with Gasteiger partial charge in [-0.25, -0.2) is 4.79 Å². The minimum atomic E-state index is -0.586. The molecule has 1 N–H and O–H groups in total. The quantitative estimate of drug-likeness (QED) is 0.784. The average molecular weight is 341 g/mol. The summed E-state index contributed by atoms with van der Waals surface area (Å²) in [5, 5.41) is 2.81. The van der Waals surface area contributed by atoms with Crippen molar-refractivity contribution in [1.29, 1.82) is 0 Å². The van der Waals surface area contributed by atoms with Crippen molar-refractivity contribution in [3.05, 3.63) is 59.2 Å². The number of carbonyl (C=O) groups excluding carboxylic acids is 2. The highest BCUT2D eigenvalue weighted by molar-refractivity contribution is 5.94. The standard InChI is InChI=1S/C20H23NO4/c1-4-16-9-6-8-15(3)20(16)21-18(22)12-25-19(23)13-24-17-10-5-7-14(2)11-17/h5-11H,4,12-13H2,1-3H3,(H,21,22). The fraction of sp³-hybridized carbons (Fsp3) is 0.300. The number of hydrogen-bond donors (Lipinski definition) is 1. The second-order valence-corrected chi connectivity index (χ2v) is 5.78. The molecule has 0 saturated heterocycles. The maximum atomic E-state index is 12.0. The Morgan fingerprint density at radius 2 is 1.80 bits per heavy atom. The molecule has 2 aromatic rings. The van der Waals surface area contributed by atoms with Gasteiger partial charge in [-0.1, -0.05) is 37.3 Å². The lowest BCUT2D eigenvalue weighted by molar-refractivity contribution is -0.149. The number of ether oxygens (including phenoxy) is 2. The molecule has 5 nitrogen and oxygen atoms in total. The SMILES string of the molecule is CCc1cccc(C)c1NC(=O)COC(=O)COc1cccc(C)c1. The van der Waals surface area contributed by atoms with Gasteiger partial charge in [0.15, 0.2) is 13.2 Å². The molecule has 0 aliphatic rings. The van der Waals surface area contributed by atoms with Gasteiger partial charge in [0.25, 0.3) is 5.91 Å². The van der Waals surface area contributed by atoms with Gasteiger partial charge in [0.1, 0.15) is 5.75 Å². The van der Waals surface area contributed by atoms with Gasteiger partial charge in [0, 0.05) is 5.69 Å². The third-order valence-electron chi connectivity index (χ3n) is 3.71. The number of anilines is 1. The topological polar surface area (TPSA) is 64.6 Å². The predicted octanol–water partition coefficient (Wildman–Crippen LogP) is 3.43. The summed E-state index contributed by atoms with van der Waals surface area (Å²) >= 11 is 0. The lowest BCUT2D eigenvalue weighted by Gasteiger charge is -2.13. The van der Waals surface area contributed by atoms with Crippen LogP contribution in [0.5, 0.6) is 5.75 Å². The summed E-state index contributed by atoms with van der Waals surface area (Å²) in [4.78, 5) is 23.7. The van der Waals surface area contributed by atoms with Gasteiger partial charge in [0.2, 0.25) is 0 Å². The largest absolute Gasteiger partial charge is 0.482 e. The van der Waals surface area contributed by atoms with Gasteiger partial charge in [-0.15, -0.1) is 0 Å². The molecule has 0 saturated carbocycles. The number of nitrogens with one attached hydrogen (secondary N) is 1. The molecule has 2 rings (SSSR count). The molecule has 0 atom stereocenters. The van der Waals surface area contributed by atoms with Crippen molar-refractivity contribution in [2.24, 2.45) is 0 Å². The molecule has 0 bridgehead atoms. The van der Waals surface area contributed by atoms with Crippen LogP contribution >= 0.6 is 0 Å². The van der Waals surface area contributed by atoms with E-state index in [1.165, 1.54) is 0 Å². The molecule has 0 aliphatic heterocycles. The van der Waals surface area contributed by atoms with Crippen molar-refractivity contribution < 1.29 is 19.1 Å². The normalized spacial score (nSPS) is 10.2. The van der Waals surface area contributed by atoms with Crippen molar-refractivity contribution in [2.45, 2.75) is 27.2 Å². The van der Waals surface area contributed by atoms with Crippen molar-refractivity contribution in [2.75, 3.05) is 18.5 Å². The smallest absolute Gasteiger partial charge is 0.344 e. The minimum absolute atomic E-state index is 0.235. The number of carbonyl (C=O) groups is 2. The van der Waals surface area contributed by atoms with Crippen LogP contribution in [0.3, 0.4) is 0 Å². The molecular formula is C20H23NO4. The third kappa shape index (κ3) is 5.64. The van der Waals surface area contributed by atoms with Crippen LogP contribution in [0, 0.1) is 13.8 Å². The Morgan fingerprint density at radius 1 is 1.04 bits per heavy atom. The summed E-state index contributed by atoms with van der Waals surface area (Å²) in [6, 6.07) is 13.2. The molecule has 1 amide bonds. The number of para-hydroxylation sites is 1. The summed E-state index contributed by atoms with van der Waals surface area (Å²) in [5.74, 6) is -0.362. The van der Waals surface area contributed by atoms with Crippen molar-refractivity contribution in [3.63, 3.8) is 0 Å². The van der Waals surface area contributed by atoms with Crippen LogP contribution in [0.2, 0.25) is 0 Å². The second-order valence-electron chi connectivity index (χ2n) is 5.78. The first kappa shape index (κ1) is 18.5. The van der Waals surface area contributed by atoms with E-state index in [1.807, 2.05) is 57.2 Å². The molecule has 5 heteroatoms. The zero-order valence-corrected chi connectivity index (χ0v) is 14.8. The summed E-state index contributed by atoms with van der Waals surface area (Å²) in [7, 11) is 0. The fourth-order valence-corrected chi connectivity index (χ4v) is 2.41. The Kier molecular flexibility index (Phi) is 6.57. The number of hydrogen-bond acceptors (Lipinski definition) is 4. The van der Waals surface area contributed by atoms with E-state index in [9.17, 15) is 9.59 Å². The molecule has 2 aromatic carbocycles. The van der Waals surface area contributed by atoms with E-state index in [0.717, 1.165) is 28.8 Å². The Morgan fingerprint density at radius 3 is 2.52 bits per heavy atom. The van der Waals surface area contributed by atoms with Gasteiger partial charge in [0.05, 0.1) is 0 Å². The van der Waals surface area contributed by atoms with Crippen LogP contribution in [0.1, 0.15) is 23.6 Å². The summed E-state index contributed by atoms with van der Waals surface area (Å²) in [6.45, 7) is 5.31. The van der Waals surface area contributed by atoms with E-state index in [4.69, 9.17) is 9.47 Å². The first-order valence-electron chi connectivity index (χ1n) is 8.23. The van der Waals surface area contributed by atoms with Crippen LogP contribution in [-0.2, 0) is 20.7 Å². The lowest BCUT2D eigenvalue weighted by atomic mass is 10.1. The summed E-state index contributed by atoms with van der Waals surface area (Å²) < 4.78 is 10.3. The van der Waals surface area contributed by atoms with E-state index in [2.05, 4.69) is 5.32 Å². The highest BCUT2D eigenvalue weighted by Gasteiger charge is 2.11. The fourth-order valence-electron chi connectivity index (χ4n) is 2.41. The maximum Gasteiger partial charge on any atom is 0.344 e. The number of benzene rings is 2. The van der Waals surface area contributed by atoms with E-state index in [0.29, 0.717) is 5.75 Å². The molecule has 0 spiro atoms. The first-order chi connectivity index (χ1) is 12.0. The molecule has 0 unspecified atom stereocenters. The van der Waals surface area contributed by atoms with Crippen molar-refractivity contribution in [1.82, 2.24) is 0 Å². The average Bonchev–Trinajstić information content (AvgIpc) is 2.60. The highest BCUT2D eigenvalue weighted by Crippen LogP contribution is 2.20.